The second-order valence-electron chi connectivity index (χ2n) is 3.36. The first-order chi connectivity index (χ1) is 4.02. The van der Waals surface area contributed by atoms with E-state index in [-0.39, 0.29) is 5.41 Å². The SMILES string of the molecule is C=CC(CCl)C(C)(C)C. The monoisotopic (exact) mass is 146 g/mol. The van der Waals surface area contributed by atoms with E-state index in [2.05, 4.69) is 27.4 Å². The van der Waals surface area contributed by atoms with Crippen molar-refractivity contribution in [2.75, 3.05) is 5.88 Å². The summed E-state index contributed by atoms with van der Waals surface area (Å²) in [6, 6.07) is 0. The van der Waals surface area contributed by atoms with E-state index in [1.54, 1.807) is 0 Å². The maximum Gasteiger partial charge on any atom is 0.0291 e. The van der Waals surface area contributed by atoms with Crippen LogP contribution >= 0.6 is 11.6 Å². The van der Waals surface area contributed by atoms with Crippen molar-refractivity contribution in [3.05, 3.63) is 12.7 Å². The molecule has 0 bridgehead atoms. The number of rotatable bonds is 2. The van der Waals surface area contributed by atoms with E-state index in [4.69, 9.17) is 11.6 Å². The summed E-state index contributed by atoms with van der Waals surface area (Å²) in [6.07, 6.45) is 1.92. The van der Waals surface area contributed by atoms with Crippen molar-refractivity contribution in [3.8, 4) is 0 Å². The largest absolute Gasteiger partial charge is 0.126 e. The van der Waals surface area contributed by atoms with Crippen molar-refractivity contribution in [2.24, 2.45) is 11.3 Å². The fourth-order valence-corrected chi connectivity index (χ4v) is 1.24. The summed E-state index contributed by atoms with van der Waals surface area (Å²) in [7, 11) is 0. The van der Waals surface area contributed by atoms with Crippen molar-refractivity contribution >= 4 is 11.6 Å². The van der Waals surface area contributed by atoms with Crippen LogP contribution in [0.3, 0.4) is 0 Å². The van der Waals surface area contributed by atoms with Crippen LogP contribution in [0.4, 0.5) is 0 Å². The molecule has 1 atom stereocenters. The Morgan fingerprint density at radius 1 is 1.56 bits per heavy atom. The summed E-state index contributed by atoms with van der Waals surface area (Å²) in [4.78, 5) is 0. The molecule has 0 aliphatic heterocycles. The Morgan fingerprint density at radius 2 is 2.00 bits per heavy atom. The second-order valence-corrected chi connectivity index (χ2v) is 3.67. The van der Waals surface area contributed by atoms with Crippen molar-refractivity contribution in [3.63, 3.8) is 0 Å². The molecule has 54 valence electrons. The third kappa shape index (κ3) is 2.90. The van der Waals surface area contributed by atoms with Crippen LogP contribution in [0.2, 0.25) is 0 Å². The highest BCUT2D eigenvalue weighted by Crippen LogP contribution is 2.27. The van der Waals surface area contributed by atoms with Crippen LogP contribution < -0.4 is 0 Å². The zero-order valence-corrected chi connectivity index (χ0v) is 7.20. The Kier molecular flexibility index (Phi) is 3.27. The van der Waals surface area contributed by atoms with Gasteiger partial charge in [0.1, 0.15) is 0 Å². The Labute approximate surface area is 62.9 Å². The molecule has 0 saturated heterocycles. The molecule has 0 aliphatic carbocycles. The van der Waals surface area contributed by atoms with E-state index < -0.39 is 0 Å². The van der Waals surface area contributed by atoms with Gasteiger partial charge in [-0.15, -0.1) is 18.2 Å². The van der Waals surface area contributed by atoms with E-state index in [0.29, 0.717) is 11.8 Å². The molecule has 0 N–H and O–H groups in total. The Hall–Kier alpha value is 0.0300. The van der Waals surface area contributed by atoms with Crippen LogP contribution in [-0.2, 0) is 0 Å². The van der Waals surface area contributed by atoms with Gasteiger partial charge in [-0.3, -0.25) is 0 Å². The zero-order chi connectivity index (χ0) is 7.49. The van der Waals surface area contributed by atoms with Crippen LogP contribution in [0, 0.1) is 11.3 Å². The van der Waals surface area contributed by atoms with Gasteiger partial charge in [0.05, 0.1) is 0 Å². The Bertz CT molecular complexity index is 89.2. The average molecular weight is 147 g/mol. The van der Waals surface area contributed by atoms with Gasteiger partial charge >= 0.3 is 0 Å². The molecule has 0 aliphatic rings. The molecule has 0 rings (SSSR count). The lowest BCUT2D eigenvalue weighted by Gasteiger charge is -2.25. The first-order valence-corrected chi connectivity index (χ1v) is 3.74. The molecule has 9 heavy (non-hydrogen) atoms. The number of hydrogen-bond acceptors (Lipinski definition) is 0. The molecule has 0 amide bonds. The first kappa shape index (κ1) is 9.03. The lowest BCUT2D eigenvalue weighted by atomic mass is 9.82. The second kappa shape index (κ2) is 3.26. The molecule has 0 aromatic heterocycles. The molecular formula is C8H15Cl. The third-order valence-electron chi connectivity index (χ3n) is 1.56. The van der Waals surface area contributed by atoms with E-state index in [1.165, 1.54) is 0 Å². The molecular weight excluding hydrogens is 132 g/mol. The van der Waals surface area contributed by atoms with Gasteiger partial charge in [0.2, 0.25) is 0 Å². The van der Waals surface area contributed by atoms with Crippen molar-refractivity contribution in [1.29, 1.82) is 0 Å². The van der Waals surface area contributed by atoms with E-state index >= 15 is 0 Å². The van der Waals surface area contributed by atoms with Crippen LogP contribution in [0.15, 0.2) is 12.7 Å². The molecule has 0 heterocycles. The maximum absolute atomic E-state index is 5.68. The fourth-order valence-electron chi connectivity index (χ4n) is 0.648. The number of halogens is 1. The predicted octanol–water partition coefficient (Wildman–Crippen LogP) is 3.07. The van der Waals surface area contributed by atoms with Gasteiger partial charge in [-0.25, -0.2) is 0 Å². The van der Waals surface area contributed by atoms with E-state index in [9.17, 15) is 0 Å². The molecule has 0 saturated carbocycles. The predicted molar refractivity (Wildman–Crippen MR) is 43.9 cm³/mol. The van der Waals surface area contributed by atoms with Gasteiger partial charge in [-0.05, 0) is 11.3 Å². The Balaban J connectivity index is 3.94. The van der Waals surface area contributed by atoms with Crippen LogP contribution in [0.5, 0.6) is 0 Å². The highest BCUT2D eigenvalue weighted by atomic mass is 35.5. The van der Waals surface area contributed by atoms with Crippen LogP contribution in [0.25, 0.3) is 0 Å². The normalized spacial score (nSPS) is 15.1. The third-order valence-corrected chi connectivity index (χ3v) is 1.90. The number of allylic oxidation sites excluding steroid dienone is 1. The molecule has 0 spiro atoms. The lowest BCUT2D eigenvalue weighted by Crippen LogP contribution is -2.19. The molecule has 1 unspecified atom stereocenters. The zero-order valence-electron chi connectivity index (χ0n) is 6.45. The highest BCUT2D eigenvalue weighted by Gasteiger charge is 2.19. The van der Waals surface area contributed by atoms with Gasteiger partial charge in [0.25, 0.3) is 0 Å². The summed E-state index contributed by atoms with van der Waals surface area (Å²) < 4.78 is 0. The topological polar surface area (TPSA) is 0 Å². The van der Waals surface area contributed by atoms with Gasteiger partial charge in [-0.1, -0.05) is 26.8 Å². The fraction of sp³-hybridized carbons (Fsp3) is 0.750. The van der Waals surface area contributed by atoms with Crippen molar-refractivity contribution in [2.45, 2.75) is 20.8 Å². The molecule has 0 radical (unpaired) electrons. The quantitative estimate of drug-likeness (QED) is 0.415. The van der Waals surface area contributed by atoms with Crippen LogP contribution in [-0.4, -0.2) is 5.88 Å². The van der Waals surface area contributed by atoms with Crippen molar-refractivity contribution in [1.82, 2.24) is 0 Å². The van der Waals surface area contributed by atoms with Gasteiger partial charge in [-0.2, -0.15) is 0 Å². The molecule has 0 fully saturated rings. The molecule has 0 nitrogen and oxygen atoms in total. The first-order valence-electron chi connectivity index (χ1n) is 3.21. The number of hydrogen-bond donors (Lipinski definition) is 0. The number of alkyl halides is 1. The maximum atomic E-state index is 5.68. The smallest absolute Gasteiger partial charge is 0.0291 e. The van der Waals surface area contributed by atoms with E-state index in [1.807, 2.05) is 6.08 Å². The lowest BCUT2D eigenvalue weighted by molar-refractivity contribution is 0.318. The minimum Gasteiger partial charge on any atom is -0.126 e. The van der Waals surface area contributed by atoms with Gasteiger partial charge < -0.3 is 0 Å². The van der Waals surface area contributed by atoms with Crippen molar-refractivity contribution < 1.29 is 0 Å². The average Bonchev–Trinajstić information content (AvgIpc) is 1.65. The summed E-state index contributed by atoms with van der Waals surface area (Å²) in [5.41, 5.74) is 0.267. The minimum atomic E-state index is 0.267. The molecule has 0 aromatic rings. The highest BCUT2D eigenvalue weighted by molar-refractivity contribution is 6.18. The summed E-state index contributed by atoms with van der Waals surface area (Å²) in [6.45, 7) is 10.2. The molecule has 1 heteroatoms. The summed E-state index contributed by atoms with van der Waals surface area (Å²) >= 11 is 5.68. The van der Waals surface area contributed by atoms with E-state index in [0.717, 1.165) is 0 Å². The minimum absolute atomic E-state index is 0.267. The standard InChI is InChI=1S/C8H15Cl/c1-5-7(6-9)8(2,3)4/h5,7H,1,6H2,2-4H3. The summed E-state index contributed by atoms with van der Waals surface area (Å²) in [5, 5.41) is 0. The van der Waals surface area contributed by atoms with Gasteiger partial charge in [0.15, 0.2) is 0 Å². The summed E-state index contributed by atoms with van der Waals surface area (Å²) in [5.74, 6) is 1.10. The van der Waals surface area contributed by atoms with Crippen LogP contribution in [0.1, 0.15) is 20.8 Å². The Morgan fingerprint density at radius 3 is 2.00 bits per heavy atom. The molecule has 0 aromatic carbocycles. The van der Waals surface area contributed by atoms with Gasteiger partial charge in [0, 0.05) is 5.88 Å².